The lowest BCUT2D eigenvalue weighted by molar-refractivity contribution is -0.106. The Morgan fingerprint density at radius 3 is 1.56 bits per heavy atom. The molecule has 3 nitrogen and oxygen atoms in total. The first-order valence-electron chi connectivity index (χ1n) is 3.28. The molecule has 0 aromatic heterocycles. The van der Waals surface area contributed by atoms with E-state index in [9.17, 15) is 34.2 Å². The molecule has 1 unspecified atom stereocenters. The second-order valence-corrected chi connectivity index (χ2v) is 8.17. The fourth-order valence-electron chi connectivity index (χ4n) is 0.804. The molecule has 0 fully saturated rings. The summed E-state index contributed by atoms with van der Waals surface area (Å²) in [5, 5.41) is 0. The van der Waals surface area contributed by atoms with Crippen LogP contribution in [0.25, 0.3) is 0 Å². The molecule has 0 aromatic rings. The molecular weight excluding hydrogens is 311 g/mol. The van der Waals surface area contributed by atoms with Crippen molar-refractivity contribution in [1.82, 2.24) is 0 Å². The molecule has 0 spiro atoms. The minimum absolute atomic E-state index is 1.61. The average molecular weight is 313 g/mol. The van der Waals surface area contributed by atoms with Crippen molar-refractivity contribution in [2.75, 3.05) is 6.16 Å². The van der Waals surface area contributed by atoms with Gasteiger partial charge in [0, 0.05) is 0 Å². The quantitative estimate of drug-likeness (QED) is 0.400. The zero-order valence-electron chi connectivity index (χ0n) is 6.91. The molecule has 14 heteroatoms. The van der Waals surface area contributed by atoms with Gasteiger partial charge in [-0.15, -0.1) is 21.3 Å². The van der Waals surface area contributed by atoms with Gasteiger partial charge in [0.25, 0.3) is 7.52 Å². The van der Waals surface area contributed by atoms with Crippen LogP contribution in [0, 0.1) is 0 Å². The lowest BCUT2D eigenvalue weighted by atomic mass is 10.8. The van der Waals surface area contributed by atoms with Crippen molar-refractivity contribution in [2.24, 2.45) is 13.5 Å². The van der Waals surface area contributed by atoms with Gasteiger partial charge in [0.1, 0.15) is 6.16 Å². The van der Waals surface area contributed by atoms with Crippen LogP contribution in [-0.4, -0.2) is 12.3 Å². The highest BCUT2D eigenvalue weighted by molar-refractivity contribution is 7.79. The van der Waals surface area contributed by atoms with E-state index in [-0.39, 0.29) is 0 Å². The van der Waals surface area contributed by atoms with Crippen LogP contribution in [0.15, 0.2) is 13.5 Å². The molecule has 1 atom stereocenters. The summed E-state index contributed by atoms with van der Waals surface area (Å²) >= 11 is 0. The molecule has 0 bridgehead atoms. The van der Waals surface area contributed by atoms with E-state index in [1.807, 2.05) is 9.03 Å². The first kappa shape index (κ1) is 14.2. The van der Waals surface area contributed by atoms with Crippen LogP contribution in [-0.2, 0) is 0 Å². The van der Waals surface area contributed by atoms with Crippen LogP contribution in [0.5, 0.6) is 0 Å². The second kappa shape index (κ2) is 3.82. The standard InChI is InChI=1S/C2H2F8N3P3/c3-2(4,5)1-14(6)11-15(7,8)13-16(9,10)12-14/h1H2. The summed E-state index contributed by atoms with van der Waals surface area (Å²) in [7, 11) is -17.7. The zero-order valence-corrected chi connectivity index (χ0v) is 9.60. The molecule has 1 aliphatic heterocycles. The van der Waals surface area contributed by atoms with E-state index in [1.54, 1.807) is 4.52 Å². The van der Waals surface area contributed by atoms with Crippen molar-refractivity contribution < 1.29 is 34.2 Å². The van der Waals surface area contributed by atoms with Gasteiger partial charge in [-0.3, -0.25) is 0 Å². The Hall–Kier alpha value is 0.130. The number of hydrogen-bond acceptors (Lipinski definition) is 3. The zero-order chi connectivity index (χ0) is 12.8. The van der Waals surface area contributed by atoms with Gasteiger partial charge in [-0.05, 0) is 0 Å². The Morgan fingerprint density at radius 2 is 1.19 bits per heavy atom. The predicted molar refractivity (Wildman–Crippen MR) is 44.5 cm³/mol. The van der Waals surface area contributed by atoms with Crippen LogP contribution in [0.3, 0.4) is 0 Å². The largest absolute Gasteiger partial charge is 0.423 e. The van der Waals surface area contributed by atoms with E-state index >= 15 is 0 Å². The Morgan fingerprint density at radius 1 is 0.750 bits per heavy atom. The van der Waals surface area contributed by atoms with Crippen LogP contribution in [0.1, 0.15) is 0 Å². The van der Waals surface area contributed by atoms with Crippen molar-refractivity contribution >= 4 is 23.2 Å². The topological polar surface area (TPSA) is 37.1 Å². The van der Waals surface area contributed by atoms with Gasteiger partial charge in [-0.2, -0.15) is 26.4 Å². The summed E-state index contributed by atoms with van der Waals surface area (Å²) in [6.07, 6.45) is -7.73. The van der Waals surface area contributed by atoms with Gasteiger partial charge in [0.2, 0.25) is 0 Å². The highest BCUT2D eigenvalue weighted by Crippen LogP contribution is 2.82. The van der Waals surface area contributed by atoms with Gasteiger partial charge in [-0.1, -0.05) is 0 Å². The van der Waals surface area contributed by atoms with E-state index in [4.69, 9.17) is 0 Å². The normalized spacial score (nSPS) is 32.2. The molecule has 96 valence electrons. The average Bonchev–Trinajstić information content (AvgIpc) is 1.66. The Labute approximate surface area is 84.2 Å². The first-order valence-corrected chi connectivity index (χ1v) is 8.00. The summed E-state index contributed by atoms with van der Waals surface area (Å²) in [6.45, 7) is 0. The minimum atomic E-state index is -6.04. The maximum absolute atomic E-state index is 13.2. The highest BCUT2D eigenvalue weighted by atomic mass is 31.3. The molecule has 0 radical (unpaired) electrons. The Bertz CT molecular complexity index is 442. The predicted octanol–water partition coefficient (Wildman–Crippen LogP) is 6.33. The second-order valence-electron chi connectivity index (χ2n) is 2.60. The van der Waals surface area contributed by atoms with Gasteiger partial charge in [0.15, 0.2) is 0 Å². The van der Waals surface area contributed by atoms with Crippen LogP contribution in [0.4, 0.5) is 34.2 Å². The third-order valence-corrected chi connectivity index (χ3v) is 7.48. The summed E-state index contributed by atoms with van der Waals surface area (Å²) in [6, 6.07) is 0. The molecule has 0 aromatic carbocycles. The third kappa shape index (κ3) is 4.18. The smallest absolute Gasteiger partial charge is 0.183 e. The SMILES string of the molecule is FC(F)(F)CP1(F)=NP(F)(F)=NP(F)(F)=N1. The fourth-order valence-corrected chi connectivity index (χ4v) is 6.84. The van der Waals surface area contributed by atoms with E-state index in [1.165, 1.54) is 0 Å². The number of rotatable bonds is 1. The molecule has 0 amide bonds. The monoisotopic (exact) mass is 313 g/mol. The Balaban J connectivity index is 3.32. The molecule has 16 heavy (non-hydrogen) atoms. The number of alkyl halides is 3. The van der Waals surface area contributed by atoms with Gasteiger partial charge in [-0.25, -0.2) is 0 Å². The minimum Gasteiger partial charge on any atom is -0.183 e. The van der Waals surface area contributed by atoms with Crippen LogP contribution >= 0.6 is 23.2 Å². The van der Waals surface area contributed by atoms with Crippen LogP contribution in [0.2, 0.25) is 0 Å². The third-order valence-electron chi connectivity index (χ3n) is 1.09. The van der Waals surface area contributed by atoms with Crippen LogP contribution < -0.4 is 0 Å². The van der Waals surface area contributed by atoms with Gasteiger partial charge < -0.3 is 0 Å². The number of halogens is 8. The van der Waals surface area contributed by atoms with Crippen molar-refractivity contribution in [3.05, 3.63) is 0 Å². The lowest BCUT2D eigenvalue weighted by Crippen LogP contribution is -2.12. The Kier molecular flexibility index (Phi) is 3.39. The molecule has 0 saturated carbocycles. The molecule has 0 saturated heterocycles. The first-order chi connectivity index (χ1) is 6.83. The van der Waals surface area contributed by atoms with Gasteiger partial charge >= 0.3 is 21.8 Å². The molecule has 0 aliphatic carbocycles. The van der Waals surface area contributed by atoms with Crippen molar-refractivity contribution in [3.63, 3.8) is 0 Å². The van der Waals surface area contributed by atoms with Crippen molar-refractivity contribution in [1.29, 1.82) is 0 Å². The molecule has 1 aliphatic rings. The molecular formula is C2H2F8N3P3. The summed E-state index contributed by atoms with van der Waals surface area (Å²) in [5.41, 5.74) is 0. The maximum Gasteiger partial charge on any atom is 0.423 e. The van der Waals surface area contributed by atoms with Gasteiger partial charge in [0.05, 0.1) is 0 Å². The molecule has 0 N–H and O–H groups in total. The lowest BCUT2D eigenvalue weighted by Gasteiger charge is -2.17. The molecule has 1 rings (SSSR count). The highest BCUT2D eigenvalue weighted by Gasteiger charge is 2.45. The molecule has 1 heterocycles. The van der Waals surface area contributed by atoms with E-state index in [2.05, 4.69) is 0 Å². The van der Waals surface area contributed by atoms with Crippen molar-refractivity contribution in [2.45, 2.75) is 6.18 Å². The summed E-state index contributed by atoms with van der Waals surface area (Å²) < 4.78 is 104. The maximum atomic E-state index is 13.2. The summed E-state index contributed by atoms with van der Waals surface area (Å²) in [4.78, 5) is 0. The summed E-state index contributed by atoms with van der Waals surface area (Å²) in [5.74, 6) is 0. The van der Waals surface area contributed by atoms with Crippen molar-refractivity contribution in [3.8, 4) is 0 Å². The van der Waals surface area contributed by atoms with E-state index < -0.39 is 35.5 Å². The number of nitrogens with zero attached hydrogens (tertiary/aromatic N) is 3. The number of hydrogen-bond donors (Lipinski definition) is 0. The van der Waals surface area contributed by atoms with E-state index in [0.717, 1.165) is 0 Å². The van der Waals surface area contributed by atoms with E-state index in [0.29, 0.717) is 0 Å². The fraction of sp³-hybridized carbons (Fsp3) is 1.00.